The summed E-state index contributed by atoms with van der Waals surface area (Å²) < 4.78 is 44.6. The molecule has 0 atom stereocenters. The summed E-state index contributed by atoms with van der Waals surface area (Å²) in [6.07, 6.45) is -0.307. The molecule has 4 rings (SSSR count). The van der Waals surface area contributed by atoms with Crippen molar-refractivity contribution in [3.05, 3.63) is 66.0 Å². The van der Waals surface area contributed by atoms with Crippen molar-refractivity contribution in [2.24, 2.45) is 0 Å². The number of hydrogen-bond acceptors (Lipinski definition) is 2. The van der Waals surface area contributed by atoms with Crippen LogP contribution in [0.3, 0.4) is 0 Å². The fourth-order valence-corrected chi connectivity index (χ4v) is 3.48. The molecule has 3 nitrogen and oxygen atoms in total. The number of nitrogens with zero attached hydrogens (tertiary/aromatic N) is 2. The van der Waals surface area contributed by atoms with Crippen molar-refractivity contribution < 1.29 is 17.9 Å². The van der Waals surface area contributed by atoms with E-state index >= 15 is 0 Å². The van der Waals surface area contributed by atoms with Crippen LogP contribution in [0.15, 0.2) is 54.9 Å². The summed E-state index contributed by atoms with van der Waals surface area (Å²) in [5.74, 6) is -0.294. The Kier molecular flexibility index (Phi) is 4.06. The highest BCUT2D eigenvalue weighted by Gasteiger charge is 2.32. The molecule has 0 radical (unpaired) electrons. The minimum absolute atomic E-state index is 0.193. The van der Waals surface area contributed by atoms with Gasteiger partial charge in [-0.25, -0.2) is 0 Å². The summed E-state index contributed by atoms with van der Waals surface area (Å²) in [6, 6.07) is 12.5. The van der Waals surface area contributed by atoms with Gasteiger partial charge < -0.3 is 9.30 Å². The fraction of sp³-hybridized carbons (Fsp3) is 0.190. The van der Waals surface area contributed by atoms with E-state index in [1.807, 2.05) is 48.9 Å². The Morgan fingerprint density at radius 2 is 1.81 bits per heavy atom. The minimum atomic E-state index is -4.77. The molecule has 0 aliphatic rings. The number of rotatable bonds is 3. The van der Waals surface area contributed by atoms with Gasteiger partial charge in [0.1, 0.15) is 5.52 Å². The summed E-state index contributed by atoms with van der Waals surface area (Å²) in [7, 11) is 0. The lowest BCUT2D eigenvalue weighted by atomic mass is 10.1. The van der Waals surface area contributed by atoms with Gasteiger partial charge in [-0.05, 0) is 36.6 Å². The summed E-state index contributed by atoms with van der Waals surface area (Å²) in [4.78, 5) is 4.29. The van der Waals surface area contributed by atoms with Crippen molar-refractivity contribution in [2.75, 3.05) is 0 Å². The molecule has 2 aromatic carbocycles. The third-order valence-electron chi connectivity index (χ3n) is 4.69. The highest BCUT2D eigenvalue weighted by molar-refractivity contribution is 6.07. The van der Waals surface area contributed by atoms with Gasteiger partial charge in [-0.2, -0.15) is 0 Å². The van der Waals surface area contributed by atoms with Crippen LogP contribution in [0.5, 0.6) is 5.75 Å². The van der Waals surface area contributed by atoms with E-state index in [1.165, 1.54) is 6.07 Å². The van der Waals surface area contributed by atoms with Gasteiger partial charge in [-0.1, -0.05) is 37.3 Å². The van der Waals surface area contributed by atoms with Crippen LogP contribution >= 0.6 is 0 Å². The molecule has 0 bridgehead atoms. The van der Waals surface area contributed by atoms with E-state index in [0.717, 1.165) is 34.1 Å². The largest absolute Gasteiger partial charge is 0.573 e. The maximum atomic E-state index is 12.8. The van der Waals surface area contributed by atoms with E-state index in [9.17, 15) is 13.2 Å². The Morgan fingerprint density at radius 3 is 2.52 bits per heavy atom. The number of benzene rings is 2. The number of alkyl halides is 3. The zero-order chi connectivity index (χ0) is 19.2. The molecular formula is C21H17F3N2O. The van der Waals surface area contributed by atoms with Crippen molar-refractivity contribution in [1.82, 2.24) is 9.55 Å². The summed E-state index contributed by atoms with van der Waals surface area (Å²) in [6.45, 7) is 4.05. The van der Waals surface area contributed by atoms with E-state index < -0.39 is 6.36 Å². The lowest BCUT2D eigenvalue weighted by Gasteiger charge is -2.13. The SMILES string of the molecule is CCc1cn(-c2ccccc2C)c2c1cnc1c(OC(F)(F)F)cccc12. The van der Waals surface area contributed by atoms with Gasteiger partial charge in [-0.15, -0.1) is 13.2 Å². The number of ether oxygens (including phenoxy) is 1. The van der Waals surface area contributed by atoms with Crippen LogP contribution < -0.4 is 4.74 Å². The molecular weight excluding hydrogens is 353 g/mol. The molecule has 0 spiro atoms. The first-order chi connectivity index (χ1) is 12.9. The Bertz CT molecular complexity index is 1150. The van der Waals surface area contributed by atoms with Crippen LogP contribution in [0, 0.1) is 6.92 Å². The third kappa shape index (κ3) is 3.01. The summed E-state index contributed by atoms with van der Waals surface area (Å²) in [5, 5.41) is 1.55. The number of halogens is 3. The number of fused-ring (bicyclic) bond motifs is 3. The van der Waals surface area contributed by atoms with Gasteiger partial charge in [-0.3, -0.25) is 4.98 Å². The number of aryl methyl sites for hydroxylation is 2. The number of pyridine rings is 1. The van der Waals surface area contributed by atoms with Crippen LogP contribution in [0.2, 0.25) is 0 Å². The smallest absolute Gasteiger partial charge is 0.403 e. The number of para-hydroxylation sites is 2. The van der Waals surface area contributed by atoms with E-state index in [4.69, 9.17) is 0 Å². The molecule has 0 saturated carbocycles. The Balaban J connectivity index is 2.08. The van der Waals surface area contributed by atoms with Crippen LogP contribution in [-0.2, 0) is 6.42 Å². The van der Waals surface area contributed by atoms with Crippen LogP contribution in [0.25, 0.3) is 27.5 Å². The predicted molar refractivity (Wildman–Crippen MR) is 99.4 cm³/mol. The second-order valence-corrected chi connectivity index (χ2v) is 6.38. The van der Waals surface area contributed by atoms with E-state index in [2.05, 4.69) is 9.72 Å². The van der Waals surface area contributed by atoms with Crippen LogP contribution in [-0.4, -0.2) is 15.9 Å². The average Bonchev–Trinajstić information content (AvgIpc) is 3.00. The first-order valence-electron chi connectivity index (χ1n) is 8.62. The topological polar surface area (TPSA) is 27.1 Å². The quantitative estimate of drug-likeness (QED) is 0.446. The first-order valence-corrected chi connectivity index (χ1v) is 8.62. The van der Waals surface area contributed by atoms with Gasteiger partial charge >= 0.3 is 6.36 Å². The predicted octanol–water partition coefficient (Wildman–Crippen LogP) is 5.95. The number of aromatic nitrogens is 2. The van der Waals surface area contributed by atoms with Crippen molar-refractivity contribution >= 4 is 21.8 Å². The molecule has 0 fully saturated rings. The van der Waals surface area contributed by atoms with Gasteiger partial charge in [0.25, 0.3) is 0 Å². The molecule has 2 heterocycles. The van der Waals surface area contributed by atoms with Crippen molar-refractivity contribution in [2.45, 2.75) is 26.6 Å². The molecule has 4 aromatic rings. The molecule has 138 valence electrons. The van der Waals surface area contributed by atoms with Gasteiger partial charge in [0.15, 0.2) is 5.75 Å². The molecule has 0 aliphatic carbocycles. The lowest BCUT2D eigenvalue weighted by molar-refractivity contribution is -0.274. The average molecular weight is 370 g/mol. The second-order valence-electron chi connectivity index (χ2n) is 6.38. The summed E-state index contributed by atoms with van der Waals surface area (Å²) >= 11 is 0. The lowest BCUT2D eigenvalue weighted by Crippen LogP contribution is -2.17. The molecule has 0 aliphatic heterocycles. The standard InChI is InChI=1S/C21H17F3N2O/c1-3-14-12-26(17-9-5-4-7-13(17)2)20-15-8-6-10-18(27-21(22,23)24)19(15)25-11-16(14)20/h4-12H,3H2,1-2H3. The van der Waals surface area contributed by atoms with Crippen LogP contribution in [0.1, 0.15) is 18.1 Å². The maximum Gasteiger partial charge on any atom is 0.573 e. The van der Waals surface area contributed by atoms with E-state index in [1.54, 1.807) is 18.3 Å². The monoisotopic (exact) mass is 370 g/mol. The Labute approximate surface area is 154 Å². The van der Waals surface area contributed by atoms with Gasteiger partial charge in [0.05, 0.1) is 5.52 Å². The normalized spacial score (nSPS) is 12.0. The highest BCUT2D eigenvalue weighted by Crippen LogP contribution is 2.36. The molecule has 27 heavy (non-hydrogen) atoms. The fourth-order valence-electron chi connectivity index (χ4n) is 3.48. The third-order valence-corrected chi connectivity index (χ3v) is 4.69. The molecule has 0 saturated heterocycles. The van der Waals surface area contributed by atoms with E-state index in [0.29, 0.717) is 5.39 Å². The van der Waals surface area contributed by atoms with Gasteiger partial charge in [0, 0.05) is 28.9 Å². The van der Waals surface area contributed by atoms with E-state index in [-0.39, 0.29) is 11.3 Å². The zero-order valence-electron chi connectivity index (χ0n) is 14.8. The van der Waals surface area contributed by atoms with Gasteiger partial charge in [0.2, 0.25) is 0 Å². The summed E-state index contributed by atoms with van der Waals surface area (Å²) in [5.41, 5.74) is 4.17. The molecule has 0 amide bonds. The molecule has 6 heteroatoms. The Hall–Kier alpha value is -3.02. The molecule has 2 aromatic heterocycles. The van der Waals surface area contributed by atoms with Crippen molar-refractivity contribution in [1.29, 1.82) is 0 Å². The van der Waals surface area contributed by atoms with Crippen LogP contribution in [0.4, 0.5) is 13.2 Å². The first kappa shape index (κ1) is 17.4. The maximum absolute atomic E-state index is 12.8. The van der Waals surface area contributed by atoms with Crippen molar-refractivity contribution in [3.8, 4) is 11.4 Å². The van der Waals surface area contributed by atoms with Crippen molar-refractivity contribution in [3.63, 3.8) is 0 Å². The molecule has 0 N–H and O–H groups in total. The highest BCUT2D eigenvalue weighted by atomic mass is 19.4. The number of hydrogen-bond donors (Lipinski definition) is 0. The molecule has 0 unspecified atom stereocenters. The Morgan fingerprint density at radius 1 is 1.04 bits per heavy atom. The zero-order valence-corrected chi connectivity index (χ0v) is 14.8. The second kappa shape index (κ2) is 6.30. The minimum Gasteiger partial charge on any atom is -0.403 e.